The van der Waals surface area contributed by atoms with Gasteiger partial charge in [0.2, 0.25) is 0 Å². The predicted molar refractivity (Wildman–Crippen MR) is 68.1 cm³/mol. The first-order valence-electron chi connectivity index (χ1n) is 5.69. The maximum Gasteiger partial charge on any atom is 0.195 e. The average molecular weight is 242 g/mol. The van der Waals surface area contributed by atoms with Gasteiger partial charge in [0.1, 0.15) is 6.10 Å². The fourth-order valence-electron chi connectivity index (χ4n) is 1.77. The van der Waals surface area contributed by atoms with Crippen LogP contribution in [0.25, 0.3) is 0 Å². The molecule has 0 fully saturated rings. The van der Waals surface area contributed by atoms with Crippen LogP contribution in [0.15, 0.2) is 54.6 Å². The molecule has 3 nitrogen and oxygen atoms in total. The summed E-state index contributed by atoms with van der Waals surface area (Å²) in [4.78, 5) is 12.0. The molecule has 0 aliphatic rings. The van der Waals surface area contributed by atoms with Crippen molar-refractivity contribution in [2.75, 3.05) is 0 Å². The Kier molecular flexibility index (Phi) is 3.87. The van der Waals surface area contributed by atoms with E-state index < -0.39 is 6.10 Å². The van der Waals surface area contributed by atoms with Crippen molar-refractivity contribution in [2.24, 2.45) is 0 Å². The molecule has 2 aromatic carbocycles. The molecule has 0 aliphatic carbocycles. The smallest absolute Gasteiger partial charge is 0.195 e. The van der Waals surface area contributed by atoms with Gasteiger partial charge in [-0.2, -0.15) is 0 Å². The molecular weight excluding hydrogens is 228 g/mol. The predicted octanol–water partition coefficient (Wildman–Crippen LogP) is 2.10. The van der Waals surface area contributed by atoms with Gasteiger partial charge in [-0.05, 0) is 11.1 Å². The lowest BCUT2D eigenvalue weighted by Gasteiger charge is -2.11. The van der Waals surface area contributed by atoms with E-state index >= 15 is 0 Å². The van der Waals surface area contributed by atoms with Crippen LogP contribution in [0.5, 0.6) is 0 Å². The highest BCUT2D eigenvalue weighted by Crippen LogP contribution is 2.19. The van der Waals surface area contributed by atoms with Crippen LogP contribution in [-0.2, 0) is 6.61 Å². The fourth-order valence-corrected chi connectivity index (χ4v) is 1.77. The Bertz CT molecular complexity index is 534. The summed E-state index contributed by atoms with van der Waals surface area (Å²) in [5.74, 6) is -0.342. The molecule has 92 valence electrons. The Morgan fingerprint density at radius 1 is 1.06 bits per heavy atom. The highest BCUT2D eigenvalue weighted by Gasteiger charge is 2.18. The van der Waals surface area contributed by atoms with Crippen LogP contribution in [-0.4, -0.2) is 16.0 Å². The number of aliphatic hydroxyl groups excluding tert-OH is 2. The third-order valence-corrected chi connectivity index (χ3v) is 2.76. The second-order valence-electron chi connectivity index (χ2n) is 4.04. The fraction of sp³-hybridized carbons (Fsp3) is 0.133. The molecule has 18 heavy (non-hydrogen) atoms. The monoisotopic (exact) mass is 242 g/mol. The Hall–Kier alpha value is -1.97. The van der Waals surface area contributed by atoms with Gasteiger partial charge in [-0.25, -0.2) is 0 Å². The van der Waals surface area contributed by atoms with E-state index in [2.05, 4.69) is 0 Å². The molecule has 2 N–H and O–H groups in total. The Morgan fingerprint density at radius 3 is 2.44 bits per heavy atom. The molecular formula is C15H14O3. The Labute approximate surface area is 105 Å². The third kappa shape index (κ3) is 2.64. The van der Waals surface area contributed by atoms with E-state index in [0.717, 1.165) is 0 Å². The minimum atomic E-state index is -1.20. The molecule has 0 spiro atoms. The van der Waals surface area contributed by atoms with Crippen molar-refractivity contribution >= 4 is 5.78 Å². The zero-order valence-corrected chi connectivity index (χ0v) is 9.78. The van der Waals surface area contributed by atoms with E-state index in [1.165, 1.54) is 0 Å². The molecule has 0 saturated carbocycles. The van der Waals surface area contributed by atoms with Crippen LogP contribution >= 0.6 is 0 Å². The van der Waals surface area contributed by atoms with Crippen LogP contribution < -0.4 is 0 Å². The zero-order valence-electron chi connectivity index (χ0n) is 9.78. The van der Waals surface area contributed by atoms with Crippen molar-refractivity contribution < 1.29 is 15.0 Å². The first-order valence-corrected chi connectivity index (χ1v) is 5.69. The Morgan fingerprint density at radius 2 is 1.78 bits per heavy atom. The molecule has 1 unspecified atom stereocenters. The largest absolute Gasteiger partial charge is 0.392 e. The summed E-state index contributed by atoms with van der Waals surface area (Å²) in [5.41, 5.74) is 1.64. The summed E-state index contributed by atoms with van der Waals surface area (Å²) in [6.07, 6.45) is -1.20. The first kappa shape index (κ1) is 12.5. The number of benzene rings is 2. The lowest BCUT2D eigenvalue weighted by atomic mass is 9.99. The van der Waals surface area contributed by atoms with Crippen molar-refractivity contribution in [3.63, 3.8) is 0 Å². The molecule has 1 atom stereocenters. The van der Waals surface area contributed by atoms with E-state index in [1.54, 1.807) is 48.5 Å². The number of carbonyl (C=O) groups excluding carboxylic acids is 1. The summed E-state index contributed by atoms with van der Waals surface area (Å²) in [6, 6.07) is 15.4. The second-order valence-corrected chi connectivity index (χ2v) is 4.04. The minimum Gasteiger partial charge on any atom is -0.392 e. The lowest BCUT2D eigenvalue weighted by Crippen LogP contribution is -2.12. The van der Waals surface area contributed by atoms with Crippen molar-refractivity contribution in [1.82, 2.24) is 0 Å². The van der Waals surface area contributed by atoms with E-state index in [0.29, 0.717) is 16.7 Å². The van der Waals surface area contributed by atoms with Gasteiger partial charge in [-0.1, -0.05) is 54.6 Å². The SMILES string of the molecule is O=C(c1ccccc1)C(O)c1cccc(CO)c1. The standard InChI is InChI=1S/C15H14O3/c16-10-11-5-4-8-13(9-11)15(18)14(17)12-6-2-1-3-7-12/h1-9,15-16,18H,10H2. The van der Waals surface area contributed by atoms with Crippen molar-refractivity contribution in [3.05, 3.63) is 71.3 Å². The van der Waals surface area contributed by atoms with Crippen molar-refractivity contribution in [1.29, 1.82) is 0 Å². The topological polar surface area (TPSA) is 57.5 Å². The number of aliphatic hydroxyl groups is 2. The number of ketones is 1. The quantitative estimate of drug-likeness (QED) is 0.807. The van der Waals surface area contributed by atoms with E-state index in [-0.39, 0.29) is 12.4 Å². The molecule has 0 amide bonds. The average Bonchev–Trinajstić information content (AvgIpc) is 2.46. The first-order chi connectivity index (χ1) is 8.72. The van der Waals surface area contributed by atoms with Gasteiger partial charge in [0.05, 0.1) is 6.61 Å². The highest BCUT2D eigenvalue weighted by atomic mass is 16.3. The lowest BCUT2D eigenvalue weighted by molar-refractivity contribution is 0.0747. The van der Waals surface area contributed by atoms with Crippen LogP contribution in [0.1, 0.15) is 27.6 Å². The molecule has 0 saturated heterocycles. The molecule has 0 bridgehead atoms. The second kappa shape index (κ2) is 5.58. The van der Waals surface area contributed by atoms with E-state index in [9.17, 15) is 9.90 Å². The van der Waals surface area contributed by atoms with Crippen molar-refractivity contribution in [2.45, 2.75) is 12.7 Å². The number of hydrogen-bond donors (Lipinski definition) is 2. The van der Waals surface area contributed by atoms with Crippen LogP contribution in [0.4, 0.5) is 0 Å². The molecule has 0 radical (unpaired) electrons. The summed E-state index contributed by atoms with van der Waals surface area (Å²) in [6.45, 7) is -0.111. The molecule has 2 rings (SSSR count). The molecule has 0 aliphatic heterocycles. The van der Waals surface area contributed by atoms with Gasteiger partial charge >= 0.3 is 0 Å². The van der Waals surface area contributed by atoms with Crippen LogP contribution in [0.3, 0.4) is 0 Å². The summed E-state index contributed by atoms with van der Waals surface area (Å²) >= 11 is 0. The number of Topliss-reactive ketones (excluding diaryl/α,β-unsaturated/α-hetero) is 1. The normalized spacial score (nSPS) is 12.1. The van der Waals surface area contributed by atoms with Gasteiger partial charge in [-0.15, -0.1) is 0 Å². The molecule has 0 heterocycles. The van der Waals surface area contributed by atoms with Crippen LogP contribution in [0, 0.1) is 0 Å². The van der Waals surface area contributed by atoms with Crippen molar-refractivity contribution in [3.8, 4) is 0 Å². The highest BCUT2D eigenvalue weighted by molar-refractivity contribution is 5.99. The van der Waals surface area contributed by atoms with Gasteiger partial charge in [0.25, 0.3) is 0 Å². The maximum absolute atomic E-state index is 12.0. The maximum atomic E-state index is 12.0. The molecule has 0 aromatic heterocycles. The molecule has 2 aromatic rings. The molecule has 3 heteroatoms. The Balaban J connectivity index is 2.25. The van der Waals surface area contributed by atoms with E-state index in [1.807, 2.05) is 6.07 Å². The minimum absolute atomic E-state index is 0.111. The van der Waals surface area contributed by atoms with Gasteiger partial charge < -0.3 is 10.2 Å². The van der Waals surface area contributed by atoms with Gasteiger partial charge in [0.15, 0.2) is 5.78 Å². The number of hydrogen-bond acceptors (Lipinski definition) is 3. The zero-order chi connectivity index (χ0) is 13.0. The van der Waals surface area contributed by atoms with Gasteiger partial charge in [-0.3, -0.25) is 4.79 Å². The van der Waals surface area contributed by atoms with E-state index in [4.69, 9.17) is 5.11 Å². The van der Waals surface area contributed by atoms with Crippen LogP contribution in [0.2, 0.25) is 0 Å². The third-order valence-electron chi connectivity index (χ3n) is 2.76. The summed E-state index contributed by atoms with van der Waals surface area (Å²) < 4.78 is 0. The summed E-state index contributed by atoms with van der Waals surface area (Å²) in [7, 11) is 0. The van der Waals surface area contributed by atoms with Gasteiger partial charge in [0, 0.05) is 5.56 Å². The number of carbonyl (C=O) groups is 1. The summed E-state index contributed by atoms with van der Waals surface area (Å²) in [5, 5.41) is 19.1. The number of rotatable bonds is 4.